The van der Waals surface area contributed by atoms with Gasteiger partial charge in [-0.15, -0.1) is 0 Å². The summed E-state index contributed by atoms with van der Waals surface area (Å²) in [6, 6.07) is 8.49. The van der Waals surface area contributed by atoms with Crippen molar-refractivity contribution in [1.82, 2.24) is 4.98 Å². The van der Waals surface area contributed by atoms with Crippen molar-refractivity contribution in [3.63, 3.8) is 0 Å². The van der Waals surface area contributed by atoms with E-state index in [9.17, 15) is 4.79 Å². The van der Waals surface area contributed by atoms with E-state index in [1.807, 2.05) is 24.4 Å². The quantitative estimate of drug-likeness (QED) is 0.893. The van der Waals surface area contributed by atoms with E-state index < -0.39 is 0 Å². The van der Waals surface area contributed by atoms with E-state index in [1.54, 1.807) is 0 Å². The fourth-order valence-electron chi connectivity index (χ4n) is 3.00. The van der Waals surface area contributed by atoms with Crippen molar-refractivity contribution in [2.24, 2.45) is 11.7 Å². The molecule has 4 nitrogen and oxygen atoms in total. The highest BCUT2D eigenvalue weighted by molar-refractivity contribution is 9.10. The molecule has 1 amide bonds. The Morgan fingerprint density at radius 1 is 1.19 bits per heavy atom. The maximum Gasteiger partial charge on any atom is 0.220 e. The lowest BCUT2D eigenvalue weighted by molar-refractivity contribution is -0.122. The zero-order valence-corrected chi connectivity index (χ0v) is 13.3. The molecular weight excluding hydrogens is 330 g/mol. The highest BCUT2D eigenvalue weighted by Gasteiger charge is 2.25. The molecule has 3 rings (SSSR count). The first kappa shape index (κ1) is 14.3. The van der Waals surface area contributed by atoms with Crippen LogP contribution in [0.1, 0.15) is 25.7 Å². The molecule has 0 atom stereocenters. The molecule has 0 unspecified atom stereocenters. The monoisotopic (exact) mass is 347 g/mol. The molecule has 0 spiro atoms. The SMILES string of the molecule is NC(=O)C1CCC(Nc2nccc3c(Br)cccc23)CC1. The summed E-state index contributed by atoms with van der Waals surface area (Å²) in [5.41, 5.74) is 5.38. The molecule has 110 valence electrons. The average Bonchev–Trinajstić information content (AvgIpc) is 2.49. The van der Waals surface area contributed by atoms with Gasteiger partial charge >= 0.3 is 0 Å². The maximum absolute atomic E-state index is 11.2. The fraction of sp³-hybridized carbons (Fsp3) is 0.375. The summed E-state index contributed by atoms with van der Waals surface area (Å²) in [6.07, 6.45) is 5.47. The predicted octanol–water partition coefficient (Wildman–Crippen LogP) is 3.45. The van der Waals surface area contributed by atoms with Gasteiger partial charge in [0.25, 0.3) is 0 Å². The Hall–Kier alpha value is -1.62. The van der Waals surface area contributed by atoms with Crippen molar-refractivity contribution in [1.29, 1.82) is 0 Å². The smallest absolute Gasteiger partial charge is 0.220 e. The maximum atomic E-state index is 11.2. The molecular formula is C16H18BrN3O. The number of benzene rings is 1. The summed E-state index contributed by atoms with van der Waals surface area (Å²) in [6.45, 7) is 0. The van der Waals surface area contributed by atoms with Crippen LogP contribution in [0.25, 0.3) is 10.8 Å². The number of halogens is 1. The van der Waals surface area contributed by atoms with Crippen LogP contribution in [0.5, 0.6) is 0 Å². The number of hydrogen-bond acceptors (Lipinski definition) is 3. The molecule has 0 radical (unpaired) electrons. The van der Waals surface area contributed by atoms with Gasteiger partial charge in [0.1, 0.15) is 5.82 Å². The number of anilines is 1. The molecule has 1 fully saturated rings. The first-order chi connectivity index (χ1) is 10.1. The van der Waals surface area contributed by atoms with Gasteiger partial charge in [0.05, 0.1) is 0 Å². The van der Waals surface area contributed by atoms with Crippen LogP contribution < -0.4 is 11.1 Å². The average molecular weight is 348 g/mol. The van der Waals surface area contributed by atoms with Gasteiger partial charge in [-0.2, -0.15) is 0 Å². The Morgan fingerprint density at radius 3 is 2.67 bits per heavy atom. The van der Waals surface area contributed by atoms with E-state index in [4.69, 9.17) is 5.73 Å². The van der Waals surface area contributed by atoms with Gasteiger partial charge in [-0.1, -0.05) is 28.1 Å². The minimum atomic E-state index is -0.166. The minimum absolute atomic E-state index is 0.0395. The lowest BCUT2D eigenvalue weighted by Crippen LogP contribution is -2.32. The third-order valence-electron chi connectivity index (χ3n) is 4.22. The van der Waals surface area contributed by atoms with Crippen LogP contribution in [0.15, 0.2) is 34.9 Å². The second-order valence-corrected chi connectivity index (χ2v) is 6.44. The van der Waals surface area contributed by atoms with Gasteiger partial charge in [0.15, 0.2) is 0 Å². The van der Waals surface area contributed by atoms with E-state index in [0.29, 0.717) is 6.04 Å². The Balaban J connectivity index is 1.77. The second-order valence-electron chi connectivity index (χ2n) is 5.59. The lowest BCUT2D eigenvalue weighted by atomic mass is 9.85. The second kappa shape index (κ2) is 6.02. The molecule has 1 aromatic heterocycles. The van der Waals surface area contributed by atoms with Crippen LogP contribution >= 0.6 is 15.9 Å². The van der Waals surface area contributed by atoms with Gasteiger partial charge < -0.3 is 11.1 Å². The number of hydrogen-bond donors (Lipinski definition) is 2. The molecule has 1 saturated carbocycles. The van der Waals surface area contributed by atoms with E-state index in [0.717, 1.165) is 46.7 Å². The van der Waals surface area contributed by atoms with Crippen molar-refractivity contribution in [2.75, 3.05) is 5.32 Å². The summed E-state index contributed by atoms with van der Waals surface area (Å²) in [5, 5.41) is 5.79. The molecule has 0 aliphatic heterocycles. The molecule has 5 heteroatoms. The molecule has 1 heterocycles. The third-order valence-corrected chi connectivity index (χ3v) is 4.91. The summed E-state index contributed by atoms with van der Waals surface area (Å²) >= 11 is 3.57. The normalized spacial score (nSPS) is 22.1. The number of aromatic nitrogens is 1. The molecule has 0 saturated heterocycles. The van der Waals surface area contributed by atoms with E-state index in [2.05, 4.69) is 32.3 Å². The predicted molar refractivity (Wildman–Crippen MR) is 88.0 cm³/mol. The molecule has 1 aliphatic rings. The van der Waals surface area contributed by atoms with Gasteiger partial charge in [-0.05, 0) is 37.8 Å². The highest BCUT2D eigenvalue weighted by atomic mass is 79.9. The molecule has 0 bridgehead atoms. The number of pyridine rings is 1. The minimum Gasteiger partial charge on any atom is -0.369 e. The Morgan fingerprint density at radius 2 is 1.95 bits per heavy atom. The van der Waals surface area contributed by atoms with Crippen molar-refractivity contribution in [3.05, 3.63) is 34.9 Å². The van der Waals surface area contributed by atoms with Gasteiger partial charge in [0, 0.05) is 33.4 Å². The van der Waals surface area contributed by atoms with Crippen LogP contribution in [-0.4, -0.2) is 16.9 Å². The number of rotatable bonds is 3. The summed E-state index contributed by atoms with van der Waals surface area (Å²) < 4.78 is 1.07. The standard InChI is InChI=1S/C16H18BrN3O/c17-14-3-1-2-13-12(14)8-9-19-16(13)20-11-6-4-10(5-7-11)15(18)21/h1-3,8-11H,4-7H2,(H2,18,21)(H,19,20). The number of nitrogens with one attached hydrogen (secondary N) is 1. The van der Waals surface area contributed by atoms with Gasteiger partial charge in [-0.25, -0.2) is 4.98 Å². The number of amides is 1. The first-order valence-corrected chi connectivity index (χ1v) is 8.03. The summed E-state index contributed by atoms with van der Waals surface area (Å²) in [7, 11) is 0. The van der Waals surface area contributed by atoms with Crippen LogP contribution in [0.3, 0.4) is 0 Å². The van der Waals surface area contributed by atoms with E-state index in [-0.39, 0.29) is 11.8 Å². The Bertz CT molecular complexity index is 666. The number of fused-ring (bicyclic) bond motifs is 1. The largest absolute Gasteiger partial charge is 0.369 e. The first-order valence-electron chi connectivity index (χ1n) is 7.24. The van der Waals surface area contributed by atoms with Gasteiger partial charge in [-0.3, -0.25) is 4.79 Å². The van der Waals surface area contributed by atoms with Crippen molar-refractivity contribution < 1.29 is 4.79 Å². The van der Waals surface area contributed by atoms with E-state index in [1.165, 1.54) is 0 Å². The van der Waals surface area contributed by atoms with Crippen molar-refractivity contribution in [2.45, 2.75) is 31.7 Å². The fourth-order valence-corrected chi connectivity index (χ4v) is 3.50. The highest BCUT2D eigenvalue weighted by Crippen LogP contribution is 2.30. The molecule has 2 aromatic rings. The Labute approximate surface area is 132 Å². The third kappa shape index (κ3) is 3.02. The molecule has 1 aromatic carbocycles. The van der Waals surface area contributed by atoms with E-state index >= 15 is 0 Å². The van der Waals surface area contributed by atoms with Crippen molar-refractivity contribution >= 4 is 38.4 Å². The topological polar surface area (TPSA) is 68.0 Å². The molecule has 1 aliphatic carbocycles. The van der Waals surface area contributed by atoms with Gasteiger partial charge in [0.2, 0.25) is 5.91 Å². The van der Waals surface area contributed by atoms with Crippen LogP contribution in [0.4, 0.5) is 5.82 Å². The molecule has 3 N–H and O–H groups in total. The summed E-state index contributed by atoms with van der Waals surface area (Å²) in [5.74, 6) is 0.787. The zero-order chi connectivity index (χ0) is 14.8. The Kier molecular flexibility index (Phi) is 4.10. The van der Waals surface area contributed by atoms with Crippen LogP contribution in [0, 0.1) is 5.92 Å². The number of nitrogens with two attached hydrogens (primary N) is 1. The zero-order valence-electron chi connectivity index (χ0n) is 11.7. The number of primary amides is 1. The molecule has 21 heavy (non-hydrogen) atoms. The van der Waals surface area contributed by atoms with Crippen LogP contribution in [0.2, 0.25) is 0 Å². The number of carbonyl (C=O) groups is 1. The number of nitrogens with zero attached hydrogens (tertiary/aromatic N) is 1. The lowest BCUT2D eigenvalue weighted by Gasteiger charge is -2.28. The van der Waals surface area contributed by atoms with Crippen molar-refractivity contribution in [3.8, 4) is 0 Å². The summed E-state index contributed by atoms with van der Waals surface area (Å²) in [4.78, 5) is 15.7. The number of carbonyl (C=O) groups excluding carboxylic acids is 1. The van der Waals surface area contributed by atoms with Crippen LogP contribution in [-0.2, 0) is 4.79 Å².